The lowest BCUT2D eigenvalue weighted by molar-refractivity contribution is -0.118. The third-order valence-electron chi connectivity index (χ3n) is 1.15. The van der Waals surface area contributed by atoms with Crippen LogP contribution in [0.5, 0.6) is 0 Å². The van der Waals surface area contributed by atoms with Gasteiger partial charge in [0.15, 0.2) is 0 Å². The van der Waals surface area contributed by atoms with Crippen LogP contribution in [0.15, 0.2) is 11.5 Å². The van der Waals surface area contributed by atoms with E-state index in [-0.39, 0.29) is 5.91 Å². The van der Waals surface area contributed by atoms with E-state index in [0.717, 1.165) is 0 Å². The molecule has 66 valence electrons. The number of nitrogen functional groups attached to an aromatic ring is 1. The summed E-state index contributed by atoms with van der Waals surface area (Å²) in [7, 11) is 1.58. The molecule has 0 aromatic carbocycles. The van der Waals surface area contributed by atoms with Crippen molar-refractivity contribution in [2.45, 2.75) is 5.16 Å². The molecular formula is C5H9N5OS. The molecule has 0 saturated heterocycles. The van der Waals surface area contributed by atoms with Crippen LogP contribution in [0.3, 0.4) is 0 Å². The van der Waals surface area contributed by atoms with Gasteiger partial charge >= 0.3 is 0 Å². The summed E-state index contributed by atoms with van der Waals surface area (Å²) >= 11 is 1.24. The second-order valence-corrected chi connectivity index (χ2v) is 2.93. The van der Waals surface area contributed by atoms with Gasteiger partial charge in [-0.05, 0) is 0 Å². The highest BCUT2D eigenvalue weighted by atomic mass is 32.2. The number of thioether (sulfide) groups is 1. The molecule has 0 fully saturated rings. The van der Waals surface area contributed by atoms with Gasteiger partial charge in [0.05, 0.1) is 5.75 Å². The summed E-state index contributed by atoms with van der Waals surface area (Å²) in [5.41, 5.74) is 0. The van der Waals surface area contributed by atoms with E-state index < -0.39 is 0 Å². The molecule has 0 aliphatic rings. The molecule has 0 aliphatic heterocycles. The van der Waals surface area contributed by atoms with Crippen molar-refractivity contribution in [1.29, 1.82) is 0 Å². The summed E-state index contributed by atoms with van der Waals surface area (Å²) in [5.74, 6) is 5.64. The van der Waals surface area contributed by atoms with Gasteiger partial charge in [0.25, 0.3) is 0 Å². The molecule has 12 heavy (non-hydrogen) atoms. The van der Waals surface area contributed by atoms with Gasteiger partial charge in [0.2, 0.25) is 11.1 Å². The fourth-order valence-electron chi connectivity index (χ4n) is 0.538. The zero-order valence-corrected chi connectivity index (χ0v) is 7.34. The van der Waals surface area contributed by atoms with E-state index in [1.165, 1.54) is 22.8 Å². The predicted molar refractivity (Wildman–Crippen MR) is 45.0 cm³/mol. The van der Waals surface area contributed by atoms with Gasteiger partial charge in [-0.2, -0.15) is 0 Å². The van der Waals surface area contributed by atoms with Crippen LogP contribution in [0.4, 0.5) is 0 Å². The number of nitrogens with zero attached hydrogens (tertiary/aromatic N) is 3. The van der Waals surface area contributed by atoms with Gasteiger partial charge in [0.1, 0.15) is 6.33 Å². The molecule has 0 spiro atoms. The van der Waals surface area contributed by atoms with Gasteiger partial charge in [-0.25, -0.2) is 4.68 Å². The fourth-order valence-corrected chi connectivity index (χ4v) is 1.24. The summed E-state index contributed by atoms with van der Waals surface area (Å²) < 4.78 is 1.27. The molecular weight excluding hydrogens is 178 g/mol. The Balaban J connectivity index is 2.43. The van der Waals surface area contributed by atoms with Crippen molar-refractivity contribution < 1.29 is 4.79 Å². The maximum atomic E-state index is 10.8. The Morgan fingerprint density at radius 2 is 2.67 bits per heavy atom. The zero-order valence-electron chi connectivity index (χ0n) is 6.52. The van der Waals surface area contributed by atoms with Crippen molar-refractivity contribution >= 4 is 17.7 Å². The van der Waals surface area contributed by atoms with Gasteiger partial charge in [-0.3, -0.25) is 4.79 Å². The quantitative estimate of drug-likeness (QED) is 0.460. The molecule has 0 aliphatic carbocycles. The minimum absolute atomic E-state index is 0.0667. The van der Waals surface area contributed by atoms with Crippen LogP contribution in [0.2, 0.25) is 0 Å². The van der Waals surface area contributed by atoms with Crippen molar-refractivity contribution in [1.82, 2.24) is 20.2 Å². The highest BCUT2D eigenvalue weighted by Gasteiger charge is 2.04. The largest absolute Gasteiger partial charge is 0.358 e. The monoisotopic (exact) mass is 187 g/mol. The van der Waals surface area contributed by atoms with E-state index in [1.807, 2.05) is 0 Å². The smallest absolute Gasteiger partial charge is 0.230 e. The number of nitrogens with one attached hydrogen (secondary N) is 1. The molecule has 1 amide bonds. The molecule has 0 bridgehead atoms. The number of amides is 1. The fraction of sp³-hybridized carbons (Fsp3) is 0.400. The first-order valence-electron chi connectivity index (χ1n) is 3.22. The molecule has 6 nitrogen and oxygen atoms in total. The second kappa shape index (κ2) is 3.96. The van der Waals surface area contributed by atoms with Crippen LogP contribution < -0.4 is 11.2 Å². The van der Waals surface area contributed by atoms with E-state index in [1.54, 1.807) is 7.05 Å². The predicted octanol–water partition coefficient (Wildman–Crippen LogP) is -1.17. The number of aromatic nitrogens is 3. The third kappa shape index (κ3) is 2.12. The molecule has 0 radical (unpaired) electrons. The number of nitrogens with two attached hydrogens (primary N) is 1. The van der Waals surface area contributed by atoms with E-state index in [0.29, 0.717) is 10.9 Å². The molecule has 1 heterocycles. The minimum atomic E-state index is -0.0667. The SMILES string of the molecule is CNC(=O)CSc1nncn1N. The van der Waals surface area contributed by atoms with Crippen LogP contribution in [-0.2, 0) is 4.79 Å². The molecule has 1 aromatic heterocycles. The third-order valence-corrected chi connectivity index (χ3v) is 2.11. The summed E-state index contributed by atoms with van der Waals surface area (Å²) in [6.45, 7) is 0. The highest BCUT2D eigenvalue weighted by Crippen LogP contribution is 2.10. The lowest BCUT2D eigenvalue weighted by atomic mass is 10.7. The van der Waals surface area contributed by atoms with Crippen molar-refractivity contribution in [3.8, 4) is 0 Å². The highest BCUT2D eigenvalue weighted by molar-refractivity contribution is 7.99. The van der Waals surface area contributed by atoms with E-state index in [2.05, 4.69) is 15.5 Å². The Bertz CT molecular complexity index is 273. The van der Waals surface area contributed by atoms with E-state index >= 15 is 0 Å². The first-order valence-corrected chi connectivity index (χ1v) is 4.21. The van der Waals surface area contributed by atoms with Crippen LogP contribution in [0.25, 0.3) is 0 Å². The van der Waals surface area contributed by atoms with Gasteiger partial charge in [0, 0.05) is 7.05 Å². The Morgan fingerprint density at radius 3 is 3.17 bits per heavy atom. The molecule has 3 N–H and O–H groups in total. The first kappa shape index (κ1) is 8.85. The summed E-state index contributed by atoms with van der Waals surface area (Å²) in [4.78, 5) is 10.8. The average Bonchev–Trinajstić information content (AvgIpc) is 2.47. The van der Waals surface area contributed by atoms with Crippen molar-refractivity contribution in [2.24, 2.45) is 0 Å². The summed E-state index contributed by atoms with van der Waals surface area (Å²) in [6, 6.07) is 0. The number of hydrogen-bond donors (Lipinski definition) is 2. The average molecular weight is 187 g/mol. The van der Waals surface area contributed by atoms with Crippen molar-refractivity contribution in [3.63, 3.8) is 0 Å². The molecule has 1 rings (SSSR count). The Kier molecular flexibility index (Phi) is 2.92. The van der Waals surface area contributed by atoms with Crippen LogP contribution >= 0.6 is 11.8 Å². The molecule has 7 heteroatoms. The second-order valence-electron chi connectivity index (χ2n) is 1.98. The summed E-state index contributed by atoms with van der Waals surface area (Å²) in [5, 5.41) is 10.3. The number of carbonyl (C=O) groups is 1. The first-order chi connectivity index (χ1) is 5.74. The van der Waals surface area contributed by atoms with Gasteiger partial charge in [-0.15, -0.1) is 10.2 Å². The molecule has 0 atom stereocenters. The summed E-state index contributed by atoms with van der Waals surface area (Å²) in [6.07, 6.45) is 1.38. The zero-order chi connectivity index (χ0) is 8.97. The Labute approximate surface area is 73.5 Å². The molecule has 0 saturated carbocycles. The maximum absolute atomic E-state index is 10.8. The van der Waals surface area contributed by atoms with Gasteiger partial charge < -0.3 is 11.2 Å². The van der Waals surface area contributed by atoms with E-state index in [9.17, 15) is 4.79 Å². The standard InChI is InChI=1S/C5H9N5OS/c1-7-4(11)2-12-5-9-8-3-10(5)6/h3H,2,6H2,1H3,(H,7,11). The van der Waals surface area contributed by atoms with E-state index in [4.69, 9.17) is 5.84 Å². The molecule has 0 unspecified atom stereocenters. The number of rotatable bonds is 3. The maximum Gasteiger partial charge on any atom is 0.230 e. The lowest BCUT2D eigenvalue weighted by Crippen LogP contribution is -2.20. The lowest BCUT2D eigenvalue weighted by Gasteiger charge is -1.98. The van der Waals surface area contributed by atoms with Crippen LogP contribution in [0.1, 0.15) is 0 Å². The van der Waals surface area contributed by atoms with Gasteiger partial charge in [-0.1, -0.05) is 11.8 Å². The minimum Gasteiger partial charge on any atom is -0.358 e. The van der Waals surface area contributed by atoms with Crippen LogP contribution in [0, 0.1) is 0 Å². The number of carbonyl (C=O) groups excluding carboxylic acids is 1. The number of hydrogen-bond acceptors (Lipinski definition) is 5. The Hall–Kier alpha value is -1.24. The van der Waals surface area contributed by atoms with Crippen molar-refractivity contribution in [2.75, 3.05) is 18.6 Å². The van der Waals surface area contributed by atoms with Crippen LogP contribution in [-0.4, -0.2) is 33.6 Å². The normalized spacial score (nSPS) is 9.75. The topological polar surface area (TPSA) is 85.8 Å². The molecule has 1 aromatic rings. The van der Waals surface area contributed by atoms with Crippen molar-refractivity contribution in [3.05, 3.63) is 6.33 Å². The Morgan fingerprint density at radius 1 is 1.92 bits per heavy atom.